The van der Waals surface area contributed by atoms with Crippen molar-refractivity contribution < 1.29 is 14.1 Å². The van der Waals surface area contributed by atoms with Crippen LogP contribution in [0.3, 0.4) is 0 Å². The summed E-state index contributed by atoms with van der Waals surface area (Å²) in [5, 5.41) is 3.75. The van der Waals surface area contributed by atoms with E-state index in [2.05, 4.69) is 5.16 Å². The molecular formula is C11H14N2O3. The van der Waals surface area contributed by atoms with Crippen LogP contribution in [0, 0.1) is 6.92 Å². The topological polar surface area (TPSA) is 55.6 Å². The second-order valence-electron chi connectivity index (χ2n) is 4.47. The quantitative estimate of drug-likeness (QED) is 0.765. The van der Waals surface area contributed by atoms with Crippen LogP contribution in [0.15, 0.2) is 10.6 Å². The molecule has 0 spiro atoms. The number of amides is 1. The molecule has 1 aromatic rings. The standard InChI is InChI=1S/C11H14N2O3/c1-7-4-10(16-12-7)11(14)13(8-2-3-8)9-5-15-6-9/h4,8-9H,2-3,5-6H2,1H3. The Labute approximate surface area is 93.3 Å². The van der Waals surface area contributed by atoms with Crippen LogP contribution in [0.4, 0.5) is 0 Å². The van der Waals surface area contributed by atoms with Gasteiger partial charge >= 0.3 is 0 Å². The van der Waals surface area contributed by atoms with Gasteiger partial charge in [0.1, 0.15) is 0 Å². The van der Waals surface area contributed by atoms with Crippen molar-refractivity contribution in [3.05, 3.63) is 17.5 Å². The highest BCUT2D eigenvalue weighted by Crippen LogP contribution is 2.32. The van der Waals surface area contributed by atoms with E-state index < -0.39 is 0 Å². The molecule has 0 N–H and O–H groups in total. The minimum Gasteiger partial charge on any atom is -0.377 e. The number of carbonyl (C=O) groups is 1. The minimum absolute atomic E-state index is 0.0450. The second-order valence-corrected chi connectivity index (χ2v) is 4.47. The highest BCUT2D eigenvalue weighted by atomic mass is 16.5. The number of aromatic nitrogens is 1. The Hall–Kier alpha value is -1.36. The fraction of sp³-hybridized carbons (Fsp3) is 0.636. The molecule has 0 aromatic carbocycles. The molecule has 2 heterocycles. The van der Waals surface area contributed by atoms with Crippen molar-refractivity contribution in [1.82, 2.24) is 10.1 Å². The van der Waals surface area contributed by atoms with Crippen molar-refractivity contribution in [3.63, 3.8) is 0 Å². The first-order valence-corrected chi connectivity index (χ1v) is 5.59. The smallest absolute Gasteiger partial charge is 0.293 e. The first-order valence-electron chi connectivity index (χ1n) is 5.59. The van der Waals surface area contributed by atoms with Crippen LogP contribution in [-0.2, 0) is 4.74 Å². The normalized spacial score (nSPS) is 20.6. The fourth-order valence-corrected chi connectivity index (χ4v) is 1.96. The zero-order valence-electron chi connectivity index (χ0n) is 9.18. The molecule has 1 saturated heterocycles. The molecule has 1 amide bonds. The van der Waals surface area contributed by atoms with E-state index in [9.17, 15) is 4.79 Å². The molecule has 1 aliphatic carbocycles. The maximum atomic E-state index is 12.2. The first-order chi connectivity index (χ1) is 7.75. The summed E-state index contributed by atoms with van der Waals surface area (Å²) in [6.07, 6.45) is 2.19. The summed E-state index contributed by atoms with van der Waals surface area (Å²) in [4.78, 5) is 14.1. The highest BCUT2D eigenvalue weighted by Gasteiger charge is 2.41. The summed E-state index contributed by atoms with van der Waals surface area (Å²) in [6, 6.07) is 2.30. The SMILES string of the molecule is Cc1cc(C(=O)N(C2CC2)C2COC2)on1. The molecule has 5 nitrogen and oxygen atoms in total. The monoisotopic (exact) mass is 222 g/mol. The van der Waals surface area contributed by atoms with Crippen LogP contribution >= 0.6 is 0 Å². The van der Waals surface area contributed by atoms with E-state index in [1.165, 1.54) is 0 Å². The molecular weight excluding hydrogens is 208 g/mol. The molecule has 1 aliphatic heterocycles. The third-order valence-electron chi connectivity index (χ3n) is 3.03. The number of hydrogen-bond acceptors (Lipinski definition) is 4. The Morgan fingerprint density at radius 1 is 1.44 bits per heavy atom. The Balaban J connectivity index is 1.80. The van der Waals surface area contributed by atoms with Crippen LogP contribution in [0.5, 0.6) is 0 Å². The van der Waals surface area contributed by atoms with Crippen molar-refractivity contribution in [2.24, 2.45) is 0 Å². The van der Waals surface area contributed by atoms with Crippen molar-refractivity contribution >= 4 is 5.91 Å². The Kier molecular flexibility index (Phi) is 2.21. The van der Waals surface area contributed by atoms with Crippen molar-refractivity contribution in [2.75, 3.05) is 13.2 Å². The average Bonchev–Trinajstić information content (AvgIpc) is 2.93. The number of ether oxygens (including phenoxy) is 1. The van der Waals surface area contributed by atoms with Crippen LogP contribution < -0.4 is 0 Å². The summed E-state index contributed by atoms with van der Waals surface area (Å²) in [6.45, 7) is 3.11. The molecule has 2 aliphatic rings. The van der Waals surface area contributed by atoms with Crippen molar-refractivity contribution in [1.29, 1.82) is 0 Å². The Morgan fingerprint density at radius 3 is 2.62 bits per heavy atom. The van der Waals surface area contributed by atoms with E-state index in [1.807, 2.05) is 11.8 Å². The molecule has 3 rings (SSSR count). The number of rotatable bonds is 3. The molecule has 0 radical (unpaired) electrons. The lowest BCUT2D eigenvalue weighted by molar-refractivity contribution is -0.0575. The number of nitrogens with zero attached hydrogens (tertiary/aromatic N) is 2. The zero-order valence-corrected chi connectivity index (χ0v) is 9.18. The average molecular weight is 222 g/mol. The van der Waals surface area contributed by atoms with Gasteiger partial charge in [0.05, 0.1) is 24.9 Å². The maximum Gasteiger partial charge on any atom is 0.293 e. The summed E-state index contributed by atoms with van der Waals surface area (Å²) < 4.78 is 10.2. The zero-order chi connectivity index (χ0) is 11.1. The molecule has 2 fully saturated rings. The lowest BCUT2D eigenvalue weighted by atomic mass is 10.2. The van der Waals surface area contributed by atoms with Crippen LogP contribution in [0.25, 0.3) is 0 Å². The van der Waals surface area contributed by atoms with E-state index in [1.54, 1.807) is 6.07 Å². The third-order valence-corrected chi connectivity index (χ3v) is 3.03. The fourth-order valence-electron chi connectivity index (χ4n) is 1.96. The largest absolute Gasteiger partial charge is 0.377 e. The van der Waals surface area contributed by atoms with Crippen LogP contribution in [0.2, 0.25) is 0 Å². The van der Waals surface area contributed by atoms with Gasteiger partial charge in [-0.3, -0.25) is 4.79 Å². The van der Waals surface area contributed by atoms with Gasteiger partial charge in [-0.25, -0.2) is 0 Å². The van der Waals surface area contributed by atoms with Gasteiger partial charge < -0.3 is 14.2 Å². The number of aryl methyl sites for hydroxylation is 1. The van der Waals surface area contributed by atoms with E-state index in [0.717, 1.165) is 18.5 Å². The van der Waals surface area contributed by atoms with Gasteiger partial charge in [-0.05, 0) is 19.8 Å². The van der Waals surface area contributed by atoms with Gasteiger partial charge in [0.25, 0.3) is 5.91 Å². The second kappa shape index (κ2) is 3.59. The third kappa shape index (κ3) is 1.61. The minimum atomic E-state index is -0.0450. The highest BCUT2D eigenvalue weighted by molar-refractivity contribution is 5.92. The molecule has 1 aromatic heterocycles. The molecule has 16 heavy (non-hydrogen) atoms. The lowest BCUT2D eigenvalue weighted by Crippen LogP contribution is -2.52. The predicted molar refractivity (Wildman–Crippen MR) is 55.0 cm³/mol. The summed E-state index contributed by atoms with van der Waals surface area (Å²) >= 11 is 0. The molecule has 1 saturated carbocycles. The Morgan fingerprint density at radius 2 is 2.19 bits per heavy atom. The Bertz CT molecular complexity index is 407. The van der Waals surface area contributed by atoms with Crippen LogP contribution in [0.1, 0.15) is 29.1 Å². The van der Waals surface area contributed by atoms with Gasteiger partial charge in [-0.1, -0.05) is 5.16 Å². The lowest BCUT2D eigenvalue weighted by Gasteiger charge is -2.36. The van der Waals surface area contributed by atoms with E-state index in [-0.39, 0.29) is 11.9 Å². The molecule has 0 unspecified atom stereocenters. The van der Waals surface area contributed by atoms with Gasteiger partial charge in [0, 0.05) is 12.1 Å². The van der Waals surface area contributed by atoms with Gasteiger partial charge in [-0.2, -0.15) is 0 Å². The molecule has 0 atom stereocenters. The number of carbonyl (C=O) groups excluding carboxylic acids is 1. The summed E-state index contributed by atoms with van der Waals surface area (Å²) in [5.74, 6) is 0.299. The van der Waals surface area contributed by atoms with E-state index in [4.69, 9.17) is 9.26 Å². The van der Waals surface area contributed by atoms with Gasteiger partial charge in [0.2, 0.25) is 5.76 Å². The molecule has 5 heteroatoms. The maximum absolute atomic E-state index is 12.2. The van der Waals surface area contributed by atoms with Crippen molar-refractivity contribution in [3.8, 4) is 0 Å². The number of hydrogen-bond donors (Lipinski definition) is 0. The predicted octanol–water partition coefficient (Wildman–Crippen LogP) is 0.986. The molecule has 0 bridgehead atoms. The first kappa shape index (κ1) is 9.84. The van der Waals surface area contributed by atoms with Crippen molar-refractivity contribution in [2.45, 2.75) is 31.8 Å². The van der Waals surface area contributed by atoms with Crippen LogP contribution in [-0.4, -0.2) is 41.3 Å². The van der Waals surface area contributed by atoms with Gasteiger partial charge in [-0.15, -0.1) is 0 Å². The molecule has 86 valence electrons. The van der Waals surface area contributed by atoms with Gasteiger partial charge in [0.15, 0.2) is 0 Å². The summed E-state index contributed by atoms with van der Waals surface area (Å²) in [5.41, 5.74) is 0.740. The summed E-state index contributed by atoms with van der Waals surface area (Å²) in [7, 11) is 0. The van der Waals surface area contributed by atoms with E-state index >= 15 is 0 Å². The van der Waals surface area contributed by atoms with E-state index in [0.29, 0.717) is 25.0 Å².